The van der Waals surface area contributed by atoms with Crippen LogP contribution in [-0.2, 0) is 4.79 Å². The zero-order chi connectivity index (χ0) is 17.5. The van der Waals surface area contributed by atoms with Gasteiger partial charge < -0.3 is 15.5 Å². The van der Waals surface area contributed by atoms with Gasteiger partial charge in [-0.25, -0.2) is 0 Å². The standard InChI is InChI=1S/C17H24ClN3O2S.ClH/c1-21(12-7-9-19-11-12)17(23)15(8-10-24-2)20-16(22)13-5-3-4-6-14(13)18;/h3-6,12,15,19H,7-11H2,1-2H3,(H,20,22);1H. The Hall–Kier alpha value is -0.950. The van der Waals surface area contributed by atoms with Crippen molar-refractivity contribution in [2.24, 2.45) is 0 Å². The SMILES string of the molecule is CSCCC(NC(=O)c1ccccc1Cl)C(=O)N(C)C1CCNC1.Cl. The summed E-state index contributed by atoms with van der Waals surface area (Å²) in [6.45, 7) is 1.72. The van der Waals surface area contributed by atoms with Gasteiger partial charge in [-0.1, -0.05) is 23.7 Å². The molecule has 0 aliphatic carbocycles. The molecule has 0 spiro atoms. The highest BCUT2D eigenvalue weighted by atomic mass is 35.5. The number of benzene rings is 1. The fraction of sp³-hybridized carbons (Fsp3) is 0.529. The lowest BCUT2D eigenvalue weighted by Crippen LogP contribution is -2.51. The molecular formula is C17H25Cl2N3O2S. The molecule has 1 saturated heterocycles. The van der Waals surface area contributed by atoms with Gasteiger partial charge in [-0.2, -0.15) is 11.8 Å². The molecular weight excluding hydrogens is 381 g/mol. The fourth-order valence-corrected chi connectivity index (χ4v) is 3.46. The molecule has 1 aliphatic rings. The van der Waals surface area contributed by atoms with E-state index >= 15 is 0 Å². The van der Waals surface area contributed by atoms with Gasteiger partial charge >= 0.3 is 0 Å². The van der Waals surface area contributed by atoms with Crippen molar-refractivity contribution in [2.45, 2.75) is 24.9 Å². The van der Waals surface area contributed by atoms with Crippen LogP contribution in [0.2, 0.25) is 5.02 Å². The van der Waals surface area contributed by atoms with Crippen LogP contribution in [-0.4, -0.2) is 60.9 Å². The van der Waals surface area contributed by atoms with Crippen molar-refractivity contribution in [1.82, 2.24) is 15.5 Å². The molecule has 1 heterocycles. The lowest BCUT2D eigenvalue weighted by molar-refractivity contribution is -0.133. The van der Waals surface area contributed by atoms with E-state index in [2.05, 4.69) is 10.6 Å². The van der Waals surface area contributed by atoms with Gasteiger partial charge in [0, 0.05) is 19.6 Å². The predicted octanol–water partition coefficient (Wildman–Crippen LogP) is 2.43. The van der Waals surface area contributed by atoms with E-state index in [0.29, 0.717) is 17.0 Å². The van der Waals surface area contributed by atoms with Gasteiger partial charge in [0.05, 0.1) is 10.6 Å². The van der Waals surface area contributed by atoms with Gasteiger partial charge in [-0.15, -0.1) is 12.4 Å². The van der Waals surface area contributed by atoms with Gasteiger partial charge in [0.25, 0.3) is 5.91 Å². The normalized spacial score (nSPS) is 17.5. The van der Waals surface area contributed by atoms with Crippen molar-refractivity contribution < 1.29 is 9.59 Å². The number of rotatable bonds is 7. The molecule has 0 saturated carbocycles. The second kappa shape index (κ2) is 10.9. The molecule has 8 heteroatoms. The fourth-order valence-electron chi connectivity index (χ4n) is 2.77. The minimum absolute atomic E-state index is 0. The monoisotopic (exact) mass is 405 g/mol. The summed E-state index contributed by atoms with van der Waals surface area (Å²) >= 11 is 7.74. The van der Waals surface area contributed by atoms with Crippen LogP contribution in [0.1, 0.15) is 23.2 Å². The average Bonchev–Trinajstić information content (AvgIpc) is 3.12. The van der Waals surface area contributed by atoms with Gasteiger partial charge in [0.2, 0.25) is 5.91 Å². The molecule has 2 N–H and O–H groups in total. The number of nitrogens with zero attached hydrogens (tertiary/aromatic N) is 1. The Morgan fingerprint density at radius 1 is 1.44 bits per heavy atom. The summed E-state index contributed by atoms with van der Waals surface area (Å²) in [5.41, 5.74) is 0.395. The van der Waals surface area contributed by atoms with E-state index in [1.807, 2.05) is 13.3 Å². The summed E-state index contributed by atoms with van der Waals surface area (Å²) in [5.74, 6) is 0.451. The molecule has 1 aromatic rings. The summed E-state index contributed by atoms with van der Waals surface area (Å²) in [6, 6.07) is 6.52. The van der Waals surface area contributed by atoms with Crippen LogP contribution in [0.25, 0.3) is 0 Å². The van der Waals surface area contributed by atoms with Crippen LogP contribution in [0.3, 0.4) is 0 Å². The Bertz CT molecular complexity index is 583. The van der Waals surface area contributed by atoms with Gasteiger partial charge in [-0.05, 0) is 43.5 Å². The lowest BCUT2D eigenvalue weighted by Gasteiger charge is -2.29. The average molecular weight is 406 g/mol. The minimum Gasteiger partial charge on any atom is -0.340 e. The van der Waals surface area contributed by atoms with Crippen LogP contribution in [0.4, 0.5) is 0 Å². The molecule has 0 bridgehead atoms. The molecule has 1 aromatic carbocycles. The molecule has 1 aliphatic heterocycles. The largest absolute Gasteiger partial charge is 0.340 e. The highest BCUT2D eigenvalue weighted by Crippen LogP contribution is 2.16. The molecule has 0 aromatic heterocycles. The Morgan fingerprint density at radius 2 is 2.16 bits per heavy atom. The molecule has 2 rings (SSSR count). The molecule has 2 amide bonds. The first-order chi connectivity index (χ1) is 11.5. The van der Waals surface area contributed by atoms with Gasteiger partial charge in [0.15, 0.2) is 0 Å². The van der Waals surface area contributed by atoms with Crippen molar-refractivity contribution in [3.63, 3.8) is 0 Å². The van der Waals surface area contributed by atoms with E-state index in [-0.39, 0.29) is 30.3 Å². The van der Waals surface area contributed by atoms with Crippen molar-refractivity contribution >= 4 is 47.6 Å². The summed E-state index contributed by atoms with van der Waals surface area (Å²) in [7, 11) is 1.81. The number of carbonyl (C=O) groups excluding carboxylic acids is 2. The van der Waals surface area contributed by atoms with Crippen molar-refractivity contribution in [3.05, 3.63) is 34.9 Å². The van der Waals surface area contributed by atoms with Crippen LogP contribution >= 0.6 is 35.8 Å². The first kappa shape index (κ1) is 22.1. The molecule has 0 radical (unpaired) electrons. The third kappa shape index (κ3) is 6.06. The lowest BCUT2D eigenvalue weighted by atomic mass is 10.1. The maximum atomic E-state index is 12.8. The maximum absolute atomic E-state index is 12.8. The quantitative estimate of drug-likeness (QED) is 0.730. The first-order valence-electron chi connectivity index (χ1n) is 8.06. The Labute approximate surface area is 164 Å². The van der Waals surface area contributed by atoms with E-state index in [4.69, 9.17) is 11.6 Å². The van der Waals surface area contributed by atoms with Gasteiger partial charge in [0.1, 0.15) is 6.04 Å². The van der Waals surface area contributed by atoms with E-state index in [9.17, 15) is 9.59 Å². The smallest absolute Gasteiger partial charge is 0.253 e. The first-order valence-corrected chi connectivity index (χ1v) is 9.83. The molecule has 25 heavy (non-hydrogen) atoms. The number of halogens is 2. The van der Waals surface area contributed by atoms with Crippen LogP contribution in [0.5, 0.6) is 0 Å². The summed E-state index contributed by atoms with van der Waals surface area (Å²) < 4.78 is 0. The van der Waals surface area contributed by atoms with E-state index in [1.165, 1.54) is 0 Å². The summed E-state index contributed by atoms with van der Waals surface area (Å²) in [6.07, 6.45) is 3.53. The number of amides is 2. The summed E-state index contributed by atoms with van der Waals surface area (Å²) in [4.78, 5) is 27.1. The maximum Gasteiger partial charge on any atom is 0.253 e. The summed E-state index contributed by atoms with van der Waals surface area (Å²) in [5, 5.41) is 6.51. The van der Waals surface area contributed by atoms with Crippen molar-refractivity contribution in [2.75, 3.05) is 32.1 Å². The van der Waals surface area contributed by atoms with Gasteiger partial charge in [-0.3, -0.25) is 9.59 Å². The van der Waals surface area contributed by atoms with Crippen molar-refractivity contribution in [1.29, 1.82) is 0 Å². The second-order valence-electron chi connectivity index (χ2n) is 5.88. The number of hydrogen-bond donors (Lipinski definition) is 2. The number of carbonyl (C=O) groups is 2. The Balaban J connectivity index is 0.00000312. The second-order valence-corrected chi connectivity index (χ2v) is 7.28. The van der Waals surface area contributed by atoms with E-state index in [0.717, 1.165) is 25.3 Å². The van der Waals surface area contributed by atoms with Crippen molar-refractivity contribution in [3.8, 4) is 0 Å². The molecule has 140 valence electrons. The van der Waals surface area contributed by atoms with E-state index < -0.39 is 6.04 Å². The highest BCUT2D eigenvalue weighted by molar-refractivity contribution is 7.98. The topological polar surface area (TPSA) is 61.4 Å². The van der Waals surface area contributed by atoms with Crippen LogP contribution in [0, 0.1) is 0 Å². The minimum atomic E-state index is -0.535. The number of likely N-dealkylation sites (N-methyl/N-ethyl adjacent to an activating group) is 1. The third-order valence-corrected chi connectivity index (χ3v) is 5.24. The third-order valence-electron chi connectivity index (χ3n) is 4.26. The predicted molar refractivity (Wildman–Crippen MR) is 107 cm³/mol. The molecule has 5 nitrogen and oxygen atoms in total. The van der Waals surface area contributed by atoms with E-state index in [1.54, 1.807) is 40.9 Å². The zero-order valence-electron chi connectivity index (χ0n) is 14.5. The Morgan fingerprint density at radius 3 is 2.76 bits per heavy atom. The molecule has 2 atom stereocenters. The number of nitrogens with one attached hydrogen (secondary N) is 2. The zero-order valence-corrected chi connectivity index (χ0v) is 16.8. The molecule has 1 fully saturated rings. The van der Waals surface area contributed by atoms with Crippen LogP contribution < -0.4 is 10.6 Å². The van der Waals surface area contributed by atoms with Crippen LogP contribution in [0.15, 0.2) is 24.3 Å². The Kier molecular flexibility index (Phi) is 9.64. The number of thioether (sulfide) groups is 1. The molecule has 2 unspecified atom stereocenters. The number of hydrogen-bond acceptors (Lipinski definition) is 4. The highest BCUT2D eigenvalue weighted by Gasteiger charge is 2.29.